The summed E-state index contributed by atoms with van der Waals surface area (Å²) in [6, 6.07) is 7.01. The van der Waals surface area contributed by atoms with Crippen LogP contribution in [0.2, 0.25) is 0 Å². The molecule has 29 heavy (non-hydrogen) atoms. The molecular formula is C18H18F3N5O3. The van der Waals surface area contributed by atoms with Gasteiger partial charge in [0.2, 0.25) is 0 Å². The summed E-state index contributed by atoms with van der Waals surface area (Å²) in [5.74, 6) is -0.355. The van der Waals surface area contributed by atoms with Gasteiger partial charge in [-0.25, -0.2) is 14.5 Å². The van der Waals surface area contributed by atoms with Crippen molar-refractivity contribution in [3.8, 4) is 11.4 Å². The second kappa shape index (κ2) is 7.95. The number of benzene rings is 1. The van der Waals surface area contributed by atoms with E-state index in [4.69, 9.17) is 5.11 Å². The molecule has 0 aliphatic heterocycles. The lowest BCUT2D eigenvalue weighted by molar-refractivity contribution is -0.274. The zero-order valence-electron chi connectivity index (χ0n) is 15.6. The maximum absolute atomic E-state index is 12.4. The number of amides is 1. The Labute approximate surface area is 163 Å². The minimum absolute atomic E-state index is 0.0414. The van der Waals surface area contributed by atoms with Crippen molar-refractivity contribution in [1.29, 1.82) is 0 Å². The smallest absolute Gasteiger partial charge is 0.465 e. The van der Waals surface area contributed by atoms with Crippen molar-refractivity contribution in [2.45, 2.75) is 19.5 Å². The number of aromatic nitrogens is 3. The molecule has 8 nitrogen and oxygen atoms in total. The molecular weight excluding hydrogens is 391 g/mol. The molecule has 1 amide bonds. The summed E-state index contributed by atoms with van der Waals surface area (Å²) in [5, 5.41) is 16.4. The van der Waals surface area contributed by atoms with Gasteiger partial charge in [0.25, 0.3) is 0 Å². The SMILES string of the molecule is CN(C)Cc1ccnc2c1c(CNC(=O)O)nn2-c1ccc(OC(F)(F)F)cc1. The highest BCUT2D eigenvalue weighted by atomic mass is 19.4. The molecule has 11 heteroatoms. The zero-order valence-corrected chi connectivity index (χ0v) is 15.6. The van der Waals surface area contributed by atoms with E-state index >= 15 is 0 Å². The van der Waals surface area contributed by atoms with Gasteiger partial charge in [-0.1, -0.05) is 0 Å². The van der Waals surface area contributed by atoms with Gasteiger partial charge < -0.3 is 20.1 Å². The lowest BCUT2D eigenvalue weighted by Gasteiger charge is -2.11. The maximum atomic E-state index is 12.4. The number of ether oxygens (including phenoxy) is 1. The minimum atomic E-state index is -4.78. The van der Waals surface area contributed by atoms with Crippen LogP contribution < -0.4 is 10.1 Å². The van der Waals surface area contributed by atoms with Crippen LogP contribution in [0.1, 0.15) is 11.3 Å². The number of pyridine rings is 1. The van der Waals surface area contributed by atoms with Crippen molar-refractivity contribution in [3.63, 3.8) is 0 Å². The number of carbonyl (C=O) groups is 1. The molecule has 0 aliphatic rings. The molecule has 0 aliphatic carbocycles. The molecule has 3 rings (SSSR count). The fourth-order valence-corrected chi connectivity index (χ4v) is 2.91. The molecule has 0 spiro atoms. The first kappa shape index (κ1) is 20.4. The second-order valence-corrected chi connectivity index (χ2v) is 6.47. The van der Waals surface area contributed by atoms with Crippen molar-refractivity contribution in [1.82, 2.24) is 25.0 Å². The summed E-state index contributed by atoms with van der Waals surface area (Å²) in [6.45, 7) is 0.531. The average Bonchev–Trinajstić information content (AvgIpc) is 2.99. The Balaban J connectivity index is 2.06. The van der Waals surface area contributed by atoms with E-state index in [0.717, 1.165) is 5.56 Å². The van der Waals surface area contributed by atoms with Gasteiger partial charge in [0, 0.05) is 18.1 Å². The van der Waals surface area contributed by atoms with Gasteiger partial charge in [-0.05, 0) is 50.0 Å². The third kappa shape index (κ3) is 4.93. The molecule has 2 aromatic heterocycles. The van der Waals surface area contributed by atoms with Crippen molar-refractivity contribution >= 4 is 17.1 Å². The van der Waals surface area contributed by atoms with Gasteiger partial charge in [0.05, 0.1) is 17.9 Å². The van der Waals surface area contributed by atoms with E-state index in [0.29, 0.717) is 29.0 Å². The highest BCUT2D eigenvalue weighted by Crippen LogP contribution is 2.27. The molecule has 0 unspecified atom stereocenters. The number of halogens is 3. The maximum Gasteiger partial charge on any atom is 0.573 e. The molecule has 2 heterocycles. The van der Waals surface area contributed by atoms with E-state index < -0.39 is 12.5 Å². The second-order valence-electron chi connectivity index (χ2n) is 6.47. The van der Waals surface area contributed by atoms with E-state index in [1.807, 2.05) is 25.1 Å². The number of hydrogen-bond acceptors (Lipinski definition) is 5. The molecule has 0 atom stereocenters. The van der Waals surface area contributed by atoms with Crippen LogP contribution in [0.3, 0.4) is 0 Å². The fraction of sp³-hybridized carbons (Fsp3) is 0.278. The molecule has 0 fully saturated rings. The standard InChI is InChI=1S/C18H18F3N5O3/c1-25(2)10-11-7-8-22-16-15(11)14(9-23-17(27)28)24-26(16)12-3-5-13(6-4-12)29-18(19,20)21/h3-8,23H,9-10H2,1-2H3,(H,27,28). The largest absolute Gasteiger partial charge is 0.573 e. The van der Waals surface area contributed by atoms with Crippen molar-refractivity contribution in [2.24, 2.45) is 0 Å². The van der Waals surface area contributed by atoms with Crippen LogP contribution in [0, 0.1) is 0 Å². The van der Waals surface area contributed by atoms with Crippen molar-refractivity contribution < 1.29 is 27.8 Å². The number of alkyl halides is 3. The molecule has 0 saturated carbocycles. The Kier molecular flexibility index (Phi) is 5.59. The Morgan fingerprint density at radius 3 is 2.52 bits per heavy atom. The van der Waals surface area contributed by atoms with E-state index in [1.165, 1.54) is 28.9 Å². The molecule has 0 saturated heterocycles. The highest BCUT2D eigenvalue weighted by Gasteiger charge is 2.31. The Hall–Kier alpha value is -3.34. The number of fused-ring (bicyclic) bond motifs is 1. The molecule has 2 N–H and O–H groups in total. The van der Waals surface area contributed by atoms with Gasteiger partial charge in [0.1, 0.15) is 5.75 Å². The summed E-state index contributed by atoms with van der Waals surface area (Å²) < 4.78 is 42.4. The lowest BCUT2D eigenvalue weighted by atomic mass is 10.1. The number of carboxylic acid groups (broad SMARTS) is 1. The third-order valence-corrected chi connectivity index (χ3v) is 3.94. The van der Waals surface area contributed by atoms with Gasteiger partial charge >= 0.3 is 12.5 Å². The number of nitrogens with one attached hydrogen (secondary N) is 1. The Morgan fingerprint density at radius 1 is 1.24 bits per heavy atom. The average molecular weight is 409 g/mol. The molecule has 3 aromatic rings. The summed E-state index contributed by atoms with van der Waals surface area (Å²) in [6.07, 6.45) is -4.37. The first-order valence-electron chi connectivity index (χ1n) is 8.47. The monoisotopic (exact) mass is 409 g/mol. The first-order chi connectivity index (χ1) is 13.6. The van der Waals surface area contributed by atoms with E-state index in [2.05, 4.69) is 20.1 Å². The Bertz CT molecular complexity index is 1020. The normalized spacial score (nSPS) is 11.8. The van der Waals surface area contributed by atoms with E-state index in [9.17, 15) is 18.0 Å². The summed E-state index contributed by atoms with van der Waals surface area (Å²) in [4.78, 5) is 17.2. The van der Waals surface area contributed by atoms with E-state index in [-0.39, 0.29) is 12.3 Å². The predicted octanol–water partition coefficient (Wildman–Crippen LogP) is 3.15. The van der Waals surface area contributed by atoms with Crippen LogP contribution in [-0.2, 0) is 13.1 Å². The van der Waals surface area contributed by atoms with Crippen molar-refractivity contribution in [3.05, 3.63) is 47.8 Å². The van der Waals surface area contributed by atoms with Crippen LogP contribution in [0.5, 0.6) is 5.75 Å². The van der Waals surface area contributed by atoms with Crippen LogP contribution in [0.25, 0.3) is 16.7 Å². The van der Waals surface area contributed by atoms with Crippen LogP contribution in [0.15, 0.2) is 36.5 Å². The van der Waals surface area contributed by atoms with Crippen LogP contribution >= 0.6 is 0 Å². The molecule has 1 aromatic carbocycles. The summed E-state index contributed by atoms with van der Waals surface area (Å²) >= 11 is 0. The molecule has 0 radical (unpaired) electrons. The van der Waals surface area contributed by atoms with Gasteiger partial charge in [-0.15, -0.1) is 13.2 Å². The predicted molar refractivity (Wildman–Crippen MR) is 97.8 cm³/mol. The van der Waals surface area contributed by atoms with Gasteiger partial charge in [0.15, 0.2) is 5.65 Å². The summed E-state index contributed by atoms with van der Waals surface area (Å²) in [5.41, 5.74) is 2.28. The van der Waals surface area contributed by atoms with Crippen molar-refractivity contribution in [2.75, 3.05) is 14.1 Å². The van der Waals surface area contributed by atoms with Crippen LogP contribution in [0.4, 0.5) is 18.0 Å². The highest BCUT2D eigenvalue weighted by molar-refractivity contribution is 5.84. The van der Waals surface area contributed by atoms with Gasteiger partial charge in [-0.3, -0.25) is 0 Å². The quantitative estimate of drug-likeness (QED) is 0.650. The third-order valence-electron chi connectivity index (χ3n) is 3.94. The fourth-order valence-electron chi connectivity index (χ4n) is 2.91. The number of nitrogens with zero attached hydrogens (tertiary/aromatic N) is 4. The Morgan fingerprint density at radius 2 is 1.93 bits per heavy atom. The first-order valence-corrected chi connectivity index (χ1v) is 8.47. The van der Waals surface area contributed by atoms with E-state index in [1.54, 1.807) is 6.20 Å². The molecule has 0 bridgehead atoms. The number of rotatable bonds is 6. The summed E-state index contributed by atoms with van der Waals surface area (Å²) in [7, 11) is 3.79. The van der Waals surface area contributed by atoms with Crippen LogP contribution in [-0.4, -0.2) is 51.3 Å². The topological polar surface area (TPSA) is 92.5 Å². The zero-order chi connectivity index (χ0) is 21.2. The number of hydrogen-bond donors (Lipinski definition) is 2. The molecule has 154 valence electrons. The minimum Gasteiger partial charge on any atom is -0.465 e. The lowest BCUT2D eigenvalue weighted by Crippen LogP contribution is -2.20. The van der Waals surface area contributed by atoms with Gasteiger partial charge in [-0.2, -0.15) is 5.10 Å².